The number of esters is 1. The van der Waals surface area contributed by atoms with Crippen molar-refractivity contribution in [2.45, 2.75) is 33.1 Å². The van der Waals surface area contributed by atoms with E-state index in [9.17, 15) is 9.59 Å². The van der Waals surface area contributed by atoms with Crippen LogP contribution in [0.2, 0.25) is 0 Å². The predicted octanol–water partition coefficient (Wildman–Crippen LogP) is 3.29. The zero-order valence-electron chi connectivity index (χ0n) is 12.6. The molecular weight excluding hydrogens is 298 g/mol. The van der Waals surface area contributed by atoms with Gasteiger partial charge in [0.1, 0.15) is 4.88 Å². The third-order valence-electron chi connectivity index (χ3n) is 3.84. The summed E-state index contributed by atoms with van der Waals surface area (Å²) in [6.07, 6.45) is 3.25. The Morgan fingerprint density at radius 2 is 2.00 bits per heavy atom. The van der Waals surface area contributed by atoms with E-state index in [1.165, 1.54) is 22.5 Å². The van der Waals surface area contributed by atoms with Crippen molar-refractivity contribution in [2.75, 3.05) is 6.61 Å². The van der Waals surface area contributed by atoms with Crippen LogP contribution in [-0.4, -0.2) is 23.3 Å². The minimum atomic E-state index is -0.474. The van der Waals surface area contributed by atoms with E-state index in [-0.39, 0.29) is 12.4 Å². The highest BCUT2D eigenvalue weighted by Crippen LogP contribution is 2.23. The Morgan fingerprint density at radius 1 is 1.23 bits per heavy atom. The van der Waals surface area contributed by atoms with Crippen LogP contribution in [0.5, 0.6) is 0 Å². The van der Waals surface area contributed by atoms with Gasteiger partial charge in [0.25, 0.3) is 0 Å². The average Bonchev–Trinajstić information content (AvgIpc) is 3.09. The Bertz CT molecular complexity index is 748. The fourth-order valence-corrected chi connectivity index (χ4v) is 3.56. The number of carbonyl (C=O) groups excluding carboxylic acids is 2. The van der Waals surface area contributed by atoms with Gasteiger partial charge in [-0.15, -0.1) is 11.3 Å². The first-order valence-electron chi connectivity index (χ1n) is 7.31. The molecule has 1 aliphatic rings. The lowest BCUT2D eigenvalue weighted by molar-refractivity contribution is 0.0478. The van der Waals surface area contributed by atoms with Gasteiger partial charge in [0, 0.05) is 5.56 Å². The topological polar surface area (TPSA) is 56.3 Å². The van der Waals surface area contributed by atoms with E-state index >= 15 is 0 Å². The Kier molecular flexibility index (Phi) is 4.07. The Morgan fingerprint density at radius 3 is 2.73 bits per heavy atom. The number of aromatic nitrogens is 1. The van der Waals surface area contributed by atoms with Crippen LogP contribution in [0.3, 0.4) is 0 Å². The standard InChI is InChI=1S/C17H17NO3S/c1-10-16(22-11(2)18-10)17(20)21-9-15(19)14-7-6-12-4-3-5-13(12)8-14/h6-8H,3-5,9H2,1-2H3. The lowest BCUT2D eigenvalue weighted by Gasteiger charge is -2.05. The number of thiazole rings is 1. The van der Waals surface area contributed by atoms with Crippen molar-refractivity contribution in [1.82, 2.24) is 4.98 Å². The first-order valence-corrected chi connectivity index (χ1v) is 8.12. The van der Waals surface area contributed by atoms with Crippen LogP contribution in [0.4, 0.5) is 0 Å². The summed E-state index contributed by atoms with van der Waals surface area (Å²) in [5, 5.41) is 0.814. The first-order chi connectivity index (χ1) is 10.5. The molecule has 1 aliphatic carbocycles. The van der Waals surface area contributed by atoms with E-state index in [1.807, 2.05) is 25.1 Å². The average molecular weight is 315 g/mol. The molecule has 0 bridgehead atoms. The van der Waals surface area contributed by atoms with E-state index < -0.39 is 5.97 Å². The molecule has 1 aromatic heterocycles. The molecule has 0 fully saturated rings. The normalized spacial score (nSPS) is 13.0. The van der Waals surface area contributed by atoms with E-state index in [0.717, 1.165) is 24.3 Å². The number of hydrogen-bond acceptors (Lipinski definition) is 5. The second-order valence-corrected chi connectivity index (χ2v) is 6.69. The molecule has 0 spiro atoms. The van der Waals surface area contributed by atoms with Gasteiger partial charge in [-0.3, -0.25) is 4.79 Å². The molecule has 4 nitrogen and oxygen atoms in total. The highest BCUT2D eigenvalue weighted by atomic mass is 32.1. The van der Waals surface area contributed by atoms with Crippen molar-refractivity contribution in [2.24, 2.45) is 0 Å². The van der Waals surface area contributed by atoms with Crippen LogP contribution in [0.1, 0.15) is 48.3 Å². The van der Waals surface area contributed by atoms with E-state index in [2.05, 4.69) is 4.98 Å². The molecule has 0 saturated carbocycles. The molecule has 1 heterocycles. The Balaban J connectivity index is 1.65. The minimum absolute atomic E-state index is 0.165. The monoisotopic (exact) mass is 315 g/mol. The molecule has 0 radical (unpaired) electrons. The molecule has 2 aromatic rings. The van der Waals surface area contributed by atoms with Gasteiger partial charge < -0.3 is 4.74 Å². The molecule has 114 valence electrons. The van der Waals surface area contributed by atoms with Crippen molar-refractivity contribution in [1.29, 1.82) is 0 Å². The highest BCUT2D eigenvalue weighted by molar-refractivity contribution is 7.13. The third-order valence-corrected chi connectivity index (χ3v) is 4.90. The summed E-state index contributed by atoms with van der Waals surface area (Å²) in [7, 11) is 0. The maximum atomic E-state index is 12.2. The van der Waals surface area contributed by atoms with Gasteiger partial charge >= 0.3 is 5.97 Å². The van der Waals surface area contributed by atoms with Crippen LogP contribution in [0, 0.1) is 13.8 Å². The predicted molar refractivity (Wildman–Crippen MR) is 84.7 cm³/mol. The van der Waals surface area contributed by atoms with Crippen molar-refractivity contribution in [3.05, 3.63) is 50.5 Å². The van der Waals surface area contributed by atoms with Gasteiger partial charge in [-0.2, -0.15) is 0 Å². The summed E-state index contributed by atoms with van der Waals surface area (Å²) in [5.74, 6) is -0.639. The van der Waals surface area contributed by atoms with Crippen LogP contribution in [0.25, 0.3) is 0 Å². The van der Waals surface area contributed by atoms with Gasteiger partial charge in [-0.05, 0) is 50.3 Å². The van der Waals surface area contributed by atoms with E-state index in [0.29, 0.717) is 16.1 Å². The maximum Gasteiger partial charge on any atom is 0.350 e. The Hall–Kier alpha value is -2.01. The first kappa shape index (κ1) is 14.9. The molecule has 0 amide bonds. The van der Waals surface area contributed by atoms with Crippen LogP contribution in [-0.2, 0) is 17.6 Å². The summed E-state index contributed by atoms with van der Waals surface area (Å²) in [6, 6.07) is 5.76. The summed E-state index contributed by atoms with van der Waals surface area (Å²) >= 11 is 1.29. The lowest BCUT2D eigenvalue weighted by Crippen LogP contribution is -2.14. The molecule has 0 unspecified atom stereocenters. The number of carbonyl (C=O) groups is 2. The van der Waals surface area contributed by atoms with Gasteiger partial charge in [-0.25, -0.2) is 9.78 Å². The molecule has 0 atom stereocenters. The zero-order chi connectivity index (χ0) is 15.7. The largest absolute Gasteiger partial charge is 0.453 e. The molecular formula is C17H17NO3S. The summed E-state index contributed by atoms with van der Waals surface area (Å²) in [5.41, 5.74) is 3.83. The van der Waals surface area contributed by atoms with Crippen LogP contribution >= 0.6 is 11.3 Å². The lowest BCUT2D eigenvalue weighted by atomic mass is 10.0. The van der Waals surface area contributed by atoms with Crippen molar-refractivity contribution in [3.8, 4) is 0 Å². The molecule has 5 heteroatoms. The van der Waals surface area contributed by atoms with E-state index in [1.54, 1.807) is 6.92 Å². The van der Waals surface area contributed by atoms with Gasteiger partial charge in [0.05, 0.1) is 10.7 Å². The number of aryl methyl sites for hydroxylation is 4. The number of hydrogen-bond donors (Lipinski definition) is 0. The number of rotatable bonds is 4. The van der Waals surface area contributed by atoms with E-state index in [4.69, 9.17) is 4.74 Å². The number of ether oxygens (including phenoxy) is 1. The molecule has 1 aromatic carbocycles. The summed E-state index contributed by atoms with van der Waals surface area (Å²) in [6.45, 7) is 3.38. The SMILES string of the molecule is Cc1nc(C)c(C(=O)OCC(=O)c2ccc3c(c2)CCC3)s1. The summed E-state index contributed by atoms with van der Waals surface area (Å²) < 4.78 is 5.14. The fourth-order valence-electron chi connectivity index (χ4n) is 2.75. The van der Waals surface area contributed by atoms with Crippen LogP contribution in [0.15, 0.2) is 18.2 Å². The van der Waals surface area contributed by atoms with Gasteiger partial charge in [0.2, 0.25) is 0 Å². The zero-order valence-corrected chi connectivity index (χ0v) is 13.5. The number of fused-ring (bicyclic) bond motifs is 1. The smallest absolute Gasteiger partial charge is 0.350 e. The van der Waals surface area contributed by atoms with Crippen LogP contribution < -0.4 is 0 Å². The number of Topliss-reactive ketones (excluding diaryl/α,β-unsaturated/α-hetero) is 1. The van der Waals surface area contributed by atoms with Gasteiger partial charge in [0.15, 0.2) is 12.4 Å². The highest BCUT2D eigenvalue weighted by Gasteiger charge is 2.18. The second-order valence-electron chi connectivity index (χ2n) is 5.48. The molecule has 0 aliphatic heterocycles. The van der Waals surface area contributed by atoms with Crippen molar-refractivity contribution >= 4 is 23.1 Å². The molecule has 22 heavy (non-hydrogen) atoms. The number of benzene rings is 1. The second kappa shape index (κ2) is 6.01. The fraction of sp³-hybridized carbons (Fsp3) is 0.353. The number of nitrogens with zero attached hydrogens (tertiary/aromatic N) is 1. The quantitative estimate of drug-likeness (QED) is 0.642. The Labute approximate surface area is 133 Å². The minimum Gasteiger partial charge on any atom is -0.453 e. The van der Waals surface area contributed by atoms with Crippen molar-refractivity contribution in [3.63, 3.8) is 0 Å². The molecule has 0 N–H and O–H groups in total. The summed E-state index contributed by atoms with van der Waals surface area (Å²) in [4.78, 5) is 28.8. The van der Waals surface area contributed by atoms with Gasteiger partial charge in [-0.1, -0.05) is 12.1 Å². The third kappa shape index (κ3) is 2.95. The molecule has 3 rings (SSSR count). The van der Waals surface area contributed by atoms with Crippen molar-refractivity contribution < 1.29 is 14.3 Å². The number of ketones is 1. The maximum absolute atomic E-state index is 12.2. The molecule has 0 saturated heterocycles.